The Morgan fingerprint density at radius 3 is 2.58 bits per heavy atom. The van der Waals surface area contributed by atoms with Gasteiger partial charge in [-0.3, -0.25) is 0 Å². The summed E-state index contributed by atoms with van der Waals surface area (Å²) in [7, 11) is 0. The largest absolute Gasteiger partial charge is 0.488 e. The minimum Gasteiger partial charge on any atom is -0.488 e. The van der Waals surface area contributed by atoms with Crippen molar-refractivity contribution in [2.75, 3.05) is 0 Å². The fourth-order valence-electron chi connectivity index (χ4n) is 1.77. The van der Waals surface area contributed by atoms with Crippen LogP contribution in [0.1, 0.15) is 22.3 Å². The molecule has 0 saturated carbocycles. The first-order valence-electron chi connectivity index (χ1n) is 5.99. The van der Waals surface area contributed by atoms with Gasteiger partial charge in [0.15, 0.2) is 0 Å². The molecular formula is C16H14BrNO. The van der Waals surface area contributed by atoms with Crippen LogP contribution in [0.2, 0.25) is 0 Å². The zero-order valence-electron chi connectivity index (χ0n) is 10.9. The zero-order chi connectivity index (χ0) is 13.8. The lowest BCUT2D eigenvalue weighted by Crippen LogP contribution is -1.98. The van der Waals surface area contributed by atoms with Gasteiger partial charge < -0.3 is 4.74 Å². The van der Waals surface area contributed by atoms with Gasteiger partial charge in [0, 0.05) is 4.47 Å². The quantitative estimate of drug-likeness (QED) is 0.834. The van der Waals surface area contributed by atoms with Crippen LogP contribution in [0.15, 0.2) is 40.9 Å². The van der Waals surface area contributed by atoms with E-state index in [-0.39, 0.29) is 0 Å². The van der Waals surface area contributed by atoms with Gasteiger partial charge in [0.05, 0.1) is 5.56 Å². The van der Waals surface area contributed by atoms with Crippen molar-refractivity contribution in [2.45, 2.75) is 20.5 Å². The van der Waals surface area contributed by atoms with Crippen LogP contribution < -0.4 is 4.74 Å². The maximum absolute atomic E-state index is 9.07. The number of ether oxygens (including phenoxy) is 1. The monoisotopic (exact) mass is 315 g/mol. The Labute approximate surface area is 121 Å². The Bertz CT molecular complexity index is 644. The number of aryl methyl sites for hydroxylation is 2. The maximum Gasteiger partial charge on any atom is 0.137 e. The Balaban J connectivity index is 2.14. The fourth-order valence-corrected chi connectivity index (χ4v) is 2.13. The van der Waals surface area contributed by atoms with Crippen LogP contribution in [-0.2, 0) is 6.61 Å². The average molecular weight is 316 g/mol. The van der Waals surface area contributed by atoms with Crippen molar-refractivity contribution < 1.29 is 4.74 Å². The molecule has 0 aliphatic carbocycles. The normalized spacial score (nSPS) is 10.0. The highest BCUT2D eigenvalue weighted by molar-refractivity contribution is 9.10. The molecule has 2 rings (SSSR count). The van der Waals surface area contributed by atoms with Crippen LogP contribution in [0.25, 0.3) is 0 Å². The highest BCUT2D eigenvalue weighted by Gasteiger charge is 2.05. The molecule has 2 aromatic carbocycles. The van der Waals surface area contributed by atoms with Crippen LogP contribution >= 0.6 is 15.9 Å². The first-order chi connectivity index (χ1) is 9.10. The second-order valence-electron chi connectivity index (χ2n) is 4.46. The van der Waals surface area contributed by atoms with Gasteiger partial charge in [-0.1, -0.05) is 34.1 Å². The summed E-state index contributed by atoms with van der Waals surface area (Å²) in [4.78, 5) is 0. The van der Waals surface area contributed by atoms with E-state index in [0.29, 0.717) is 17.9 Å². The standard InChI is InChI=1S/C16H14BrNO/c1-11-3-4-13(7-12(11)2)10-19-16-6-5-15(17)8-14(16)9-18/h3-8H,10H2,1-2H3. The van der Waals surface area contributed by atoms with E-state index in [9.17, 15) is 0 Å². The van der Waals surface area contributed by atoms with E-state index in [1.165, 1.54) is 11.1 Å². The van der Waals surface area contributed by atoms with Gasteiger partial charge in [0.25, 0.3) is 0 Å². The lowest BCUT2D eigenvalue weighted by molar-refractivity contribution is 0.305. The third-order valence-corrected chi connectivity index (χ3v) is 3.52. The Hall–Kier alpha value is -1.79. The van der Waals surface area contributed by atoms with Gasteiger partial charge in [-0.05, 0) is 48.7 Å². The van der Waals surface area contributed by atoms with Gasteiger partial charge in [-0.2, -0.15) is 5.26 Å². The van der Waals surface area contributed by atoms with Gasteiger partial charge in [0.1, 0.15) is 18.4 Å². The van der Waals surface area contributed by atoms with E-state index in [1.807, 2.05) is 18.2 Å². The first-order valence-corrected chi connectivity index (χ1v) is 6.78. The van der Waals surface area contributed by atoms with E-state index in [2.05, 4.69) is 48.0 Å². The molecule has 0 aliphatic rings. The number of nitriles is 1. The molecule has 0 aliphatic heterocycles. The molecule has 0 amide bonds. The second kappa shape index (κ2) is 5.90. The van der Waals surface area contributed by atoms with Gasteiger partial charge in [-0.15, -0.1) is 0 Å². The lowest BCUT2D eigenvalue weighted by Gasteiger charge is -2.09. The molecule has 0 aromatic heterocycles. The molecule has 0 spiro atoms. The van der Waals surface area contributed by atoms with Crippen molar-refractivity contribution >= 4 is 15.9 Å². The smallest absolute Gasteiger partial charge is 0.137 e. The summed E-state index contributed by atoms with van der Waals surface area (Å²) in [5.74, 6) is 0.615. The van der Waals surface area contributed by atoms with Gasteiger partial charge in [0.2, 0.25) is 0 Å². The molecule has 3 heteroatoms. The SMILES string of the molecule is Cc1ccc(COc2ccc(Br)cc2C#N)cc1C. The van der Waals surface area contributed by atoms with Crippen LogP contribution in [0.5, 0.6) is 5.75 Å². The predicted octanol–water partition coefficient (Wildman–Crippen LogP) is 4.52. The zero-order valence-corrected chi connectivity index (χ0v) is 12.5. The summed E-state index contributed by atoms with van der Waals surface area (Å²) >= 11 is 3.34. The third kappa shape index (κ3) is 3.36. The summed E-state index contributed by atoms with van der Waals surface area (Å²) in [5.41, 5.74) is 4.16. The lowest BCUT2D eigenvalue weighted by atomic mass is 10.1. The van der Waals surface area contributed by atoms with Crippen molar-refractivity contribution in [3.8, 4) is 11.8 Å². The fraction of sp³-hybridized carbons (Fsp3) is 0.188. The Morgan fingerprint density at radius 1 is 1.11 bits per heavy atom. The summed E-state index contributed by atoms with van der Waals surface area (Å²) in [6.07, 6.45) is 0. The topological polar surface area (TPSA) is 33.0 Å². The van der Waals surface area contributed by atoms with Crippen molar-refractivity contribution in [1.29, 1.82) is 5.26 Å². The highest BCUT2D eigenvalue weighted by Crippen LogP contribution is 2.23. The van der Waals surface area contributed by atoms with E-state index in [1.54, 1.807) is 6.07 Å². The molecule has 2 aromatic rings. The van der Waals surface area contributed by atoms with Gasteiger partial charge >= 0.3 is 0 Å². The molecule has 0 unspecified atom stereocenters. The molecule has 96 valence electrons. The summed E-state index contributed by atoms with van der Waals surface area (Å²) in [5, 5.41) is 9.07. The molecule has 0 fully saturated rings. The molecule has 2 nitrogen and oxygen atoms in total. The number of rotatable bonds is 3. The van der Waals surface area contributed by atoms with E-state index >= 15 is 0 Å². The van der Waals surface area contributed by atoms with Crippen molar-refractivity contribution in [3.05, 3.63) is 63.1 Å². The first kappa shape index (κ1) is 13.6. The number of nitrogens with zero attached hydrogens (tertiary/aromatic N) is 1. The van der Waals surface area contributed by atoms with Crippen molar-refractivity contribution in [2.24, 2.45) is 0 Å². The summed E-state index contributed by atoms with van der Waals surface area (Å²) in [6, 6.07) is 13.8. The van der Waals surface area contributed by atoms with Crippen LogP contribution in [0.4, 0.5) is 0 Å². The maximum atomic E-state index is 9.07. The Morgan fingerprint density at radius 2 is 1.89 bits per heavy atom. The molecule has 0 N–H and O–H groups in total. The summed E-state index contributed by atoms with van der Waals surface area (Å²) < 4.78 is 6.60. The van der Waals surface area contributed by atoms with E-state index < -0.39 is 0 Å². The number of hydrogen-bond donors (Lipinski definition) is 0. The molecule has 0 bridgehead atoms. The number of hydrogen-bond acceptors (Lipinski definition) is 2. The third-order valence-electron chi connectivity index (χ3n) is 3.03. The highest BCUT2D eigenvalue weighted by atomic mass is 79.9. The molecule has 19 heavy (non-hydrogen) atoms. The molecular weight excluding hydrogens is 302 g/mol. The number of benzene rings is 2. The van der Waals surface area contributed by atoms with E-state index in [4.69, 9.17) is 10.00 Å². The average Bonchev–Trinajstić information content (AvgIpc) is 2.41. The van der Waals surface area contributed by atoms with Crippen LogP contribution in [0.3, 0.4) is 0 Å². The van der Waals surface area contributed by atoms with Crippen molar-refractivity contribution in [1.82, 2.24) is 0 Å². The minimum absolute atomic E-state index is 0.470. The molecule has 0 heterocycles. The van der Waals surface area contributed by atoms with Gasteiger partial charge in [-0.25, -0.2) is 0 Å². The van der Waals surface area contributed by atoms with Crippen LogP contribution in [0, 0.1) is 25.2 Å². The molecule has 0 atom stereocenters. The molecule has 0 saturated heterocycles. The summed E-state index contributed by atoms with van der Waals surface area (Å²) in [6.45, 7) is 4.64. The van der Waals surface area contributed by atoms with Crippen LogP contribution in [-0.4, -0.2) is 0 Å². The Kier molecular flexibility index (Phi) is 4.24. The van der Waals surface area contributed by atoms with Crippen molar-refractivity contribution in [3.63, 3.8) is 0 Å². The molecule has 0 radical (unpaired) electrons. The minimum atomic E-state index is 0.470. The second-order valence-corrected chi connectivity index (χ2v) is 5.38. The number of halogens is 1. The predicted molar refractivity (Wildman–Crippen MR) is 79.1 cm³/mol. The van der Waals surface area contributed by atoms with E-state index in [0.717, 1.165) is 10.0 Å².